The number of carboxylic acid groups (broad SMARTS) is 1. The molecule has 3 aliphatic heterocycles. The molecule has 0 amide bonds. The molecule has 0 spiro atoms. The zero-order chi connectivity index (χ0) is 59.8. The van der Waals surface area contributed by atoms with E-state index in [2.05, 4.69) is 10.2 Å². The van der Waals surface area contributed by atoms with Gasteiger partial charge in [0, 0.05) is 93.0 Å². The van der Waals surface area contributed by atoms with Gasteiger partial charge in [-0.3, -0.25) is 14.4 Å². The van der Waals surface area contributed by atoms with Gasteiger partial charge in [0.25, 0.3) is 0 Å². The molecule has 6 N–H and O–H groups in total. The maximum absolute atomic E-state index is 14.6. The molecule has 3 fully saturated rings. The van der Waals surface area contributed by atoms with Crippen molar-refractivity contribution in [2.24, 2.45) is 17.8 Å². The topological polar surface area (TPSA) is 261 Å². The summed E-state index contributed by atoms with van der Waals surface area (Å²) in [5, 5.41) is 61.4. The summed E-state index contributed by atoms with van der Waals surface area (Å²) in [6.07, 6.45) is -7.51. The minimum absolute atomic E-state index is 0.0544. The third-order valence-electron chi connectivity index (χ3n) is 17.0. The number of carbonyl (C=O) groups excluding carboxylic acids is 2. The Bertz CT molecular complexity index is 2410. The van der Waals surface area contributed by atoms with E-state index < -0.39 is 113 Å². The van der Waals surface area contributed by atoms with E-state index >= 15 is 0 Å². The second-order valence-electron chi connectivity index (χ2n) is 23.9. The van der Waals surface area contributed by atoms with Crippen LogP contribution >= 0.6 is 11.8 Å². The number of carboxylic acids is 1. The lowest BCUT2D eigenvalue weighted by Crippen LogP contribution is -2.61. The van der Waals surface area contributed by atoms with E-state index in [1.807, 2.05) is 77.8 Å². The van der Waals surface area contributed by atoms with Gasteiger partial charge in [0.15, 0.2) is 18.7 Å². The smallest absolute Gasteiger partial charge is 0.341 e. The van der Waals surface area contributed by atoms with Crippen molar-refractivity contribution in [3.05, 3.63) is 40.2 Å². The van der Waals surface area contributed by atoms with Crippen LogP contribution in [0.5, 0.6) is 0 Å². The van der Waals surface area contributed by atoms with Crippen LogP contribution in [-0.4, -0.2) is 227 Å². The number of nitrogens with one attached hydrogen (secondary N) is 1. The van der Waals surface area contributed by atoms with Crippen molar-refractivity contribution in [1.82, 2.24) is 24.6 Å². The number of carbonyl (C=O) groups is 3. The molecular formula is C58H97N5O16S. The van der Waals surface area contributed by atoms with E-state index in [-0.39, 0.29) is 49.3 Å². The Morgan fingerprint density at radius 3 is 2.25 bits per heavy atom. The molecule has 1 aromatic heterocycles. The number of hydrogen-bond acceptors (Lipinski definition) is 20. The van der Waals surface area contributed by atoms with Gasteiger partial charge in [-0.25, -0.2) is 4.79 Å². The van der Waals surface area contributed by atoms with Crippen molar-refractivity contribution < 1.29 is 73.1 Å². The summed E-state index contributed by atoms with van der Waals surface area (Å²) in [7, 11) is 9.09. The molecule has 1 aromatic carbocycles. The molecule has 18 atom stereocenters. The molecule has 0 aliphatic carbocycles. The Balaban J connectivity index is 1.27. The van der Waals surface area contributed by atoms with E-state index in [1.54, 1.807) is 63.9 Å². The lowest BCUT2D eigenvalue weighted by atomic mass is 9.77. The number of aliphatic hydroxyl groups is 4. The molecule has 2 aromatic rings. The Hall–Kier alpha value is -3.33. The maximum Gasteiger partial charge on any atom is 0.341 e. The number of aromatic carboxylic acids is 1. The fraction of sp³-hybridized carbons (Fsp3) is 0.793. The second kappa shape index (κ2) is 29.0. The number of pyridine rings is 1. The molecule has 22 heteroatoms. The van der Waals surface area contributed by atoms with Gasteiger partial charge in [0.1, 0.15) is 35.1 Å². The van der Waals surface area contributed by atoms with Gasteiger partial charge < -0.3 is 83.3 Å². The number of cyclic esters (lactones) is 1. The number of fused-ring (bicyclic) bond motifs is 1. The highest BCUT2D eigenvalue weighted by Crippen LogP contribution is 2.41. The summed E-state index contributed by atoms with van der Waals surface area (Å²) in [4.78, 5) is 59.6. The number of likely N-dealkylation sites (N-methyl/N-ethyl adjacent to an activating group) is 3. The summed E-state index contributed by atoms with van der Waals surface area (Å²) < 4.78 is 46.7. The number of aromatic nitrogens is 1. The predicted molar refractivity (Wildman–Crippen MR) is 305 cm³/mol. The Kier molecular flexibility index (Phi) is 24.4. The number of thioether (sulfide) groups is 1. The van der Waals surface area contributed by atoms with Crippen LogP contribution in [0.2, 0.25) is 0 Å². The molecule has 80 heavy (non-hydrogen) atoms. The zero-order valence-electron chi connectivity index (χ0n) is 50.4. The minimum Gasteiger partial charge on any atom is -0.477 e. The highest BCUT2D eigenvalue weighted by atomic mass is 32.2. The first kappa shape index (κ1) is 67.5. The number of aryl methyl sites for hydroxylation is 1. The zero-order valence-corrected chi connectivity index (χ0v) is 51.2. The first-order valence-corrected chi connectivity index (χ1v) is 29.6. The predicted octanol–water partition coefficient (Wildman–Crippen LogP) is 4.19. The van der Waals surface area contributed by atoms with E-state index in [1.165, 1.54) is 20.2 Å². The Morgan fingerprint density at radius 1 is 0.938 bits per heavy atom. The van der Waals surface area contributed by atoms with Crippen molar-refractivity contribution in [3.8, 4) is 0 Å². The molecular weight excluding hydrogens is 1050 g/mol. The fourth-order valence-corrected chi connectivity index (χ4v) is 13.0. The largest absolute Gasteiger partial charge is 0.477 e. The average molecular weight is 1150 g/mol. The van der Waals surface area contributed by atoms with Gasteiger partial charge >= 0.3 is 17.9 Å². The second-order valence-corrected chi connectivity index (χ2v) is 25.1. The SMILES string of the molecule is CC[C@H]1OC(=O)[C@H](C)[C@@H](O[C@H]2C[C@@](C)(OC)[C@@H](OC(=O)CCNCCN(C)CCSc3ccc4c(c3)c(=O)c(C(=O)O)cn4CC)[C@H](C)O2)[C@H](C)[C@@H](O[C@@H]2O[C@H](C)C[C@H](N(C)C)[C@H]2O)[C@](C)(O)C[C@@H](C)CN(C)[C@H](C)[C@@H](O)[C@]1(C)O. The molecule has 3 saturated heterocycles. The molecule has 5 rings (SSSR count). The van der Waals surface area contributed by atoms with Crippen LogP contribution in [-0.2, 0) is 49.3 Å². The fourth-order valence-electron chi connectivity index (χ4n) is 12.0. The quantitative estimate of drug-likeness (QED) is 0.0617. The number of ether oxygens (including phenoxy) is 7. The summed E-state index contributed by atoms with van der Waals surface area (Å²) in [6, 6.07) is 4.65. The summed E-state index contributed by atoms with van der Waals surface area (Å²) in [6.45, 7) is 22.8. The van der Waals surface area contributed by atoms with Gasteiger partial charge in [-0.1, -0.05) is 20.8 Å². The van der Waals surface area contributed by atoms with Crippen LogP contribution in [0.15, 0.2) is 34.1 Å². The van der Waals surface area contributed by atoms with Crippen molar-refractivity contribution >= 4 is 40.6 Å². The molecule has 0 saturated carbocycles. The normalized spacial score (nSPS) is 36.4. The van der Waals surface area contributed by atoms with Gasteiger partial charge in [-0.15, -0.1) is 11.8 Å². The van der Waals surface area contributed by atoms with Crippen LogP contribution in [0.4, 0.5) is 0 Å². The number of esters is 2. The highest BCUT2D eigenvalue weighted by molar-refractivity contribution is 7.99. The monoisotopic (exact) mass is 1150 g/mol. The van der Waals surface area contributed by atoms with Gasteiger partial charge in [0.05, 0.1) is 47.9 Å². The molecule has 3 aliphatic rings. The number of rotatable bonds is 20. The van der Waals surface area contributed by atoms with Crippen molar-refractivity contribution in [1.29, 1.82) is 0 Å². The summed E-state index contributed by atoms with van der Waals surface area (Å²) >= 11 is 1.58. The maximum atomic E-state index is 14.6. The Labute approximate surface area is 478 Å². The lowest BCUT2D eigenvalue weighted by Gasteiger charge is -2.49. The van der Waals surface area contributed by atoms with Crippen LogP contribution in [0.3, 0.4) is 0 Å². The van der Waals surface area contributed by atoms with Crippen LogP contribution in [0.1, 0.15) is 119 Å². The average Bonchev–Trinajstić information content (AvgIpc) is 3.38. The first-order valence-electron chi connectivity index (χ1n) is 28.6. The molecule has 456 valence electrons. The van der Waals surface area contributed by atoms with Crippen molar-refractivity contribution in [2.45, 2.75) is 210 Å². The Morgan fingerprint density at radius 2 is 1.62 bits per heavy atom. The van der Waals surface area contributed by atoms with Crippen LogP contribution < -0.4 is 10.7 Å². The van der Waals surface area contributed by atoms with Gasteiger partial charge in [-0.2, -0.15) is 0 Å². The van der Waals surface area contributed by atoms with E-state index in [4.69, 9.17) is 33.2 Å². The standard InChI is InChI=1S/C58H97N5O16S/c1-17-44-58(11,72)50(67)37(7)62(15)31-33(3)29-56(9,71)51(79-55-48(66)43(60(12)13)27-34(4)74-55)35(5)49(36(6)54(70)76-44)78-46-30-57(10,73-16)52(38(8)75-46)77-45(64)21-22-59-23-24-61(14)25-26-80-39-19-20-42-40(28-39)47(65)41(53(68)69)32-63(42)18-2/h19-20,28,32-38,43-44,46,48-52,55,59,66-67,71-72H,17-18,21-27,29-31H2,1-16H3,(H,68,69)/t33-,34-,35+,36-,37-,38+,43+,44-,46+,48-,49+,50-,51-,52+,55+,56-,57-,58-/m1/s1. The van der Waals surface area contributed by atoms with Gasteiger partial charge in [-0.05, 0) is 127 Å². The number of nitrogens with zero attached hydrogens (tertiary/aromatic N) is 4. The number of hydrogen-bond donors (Lipinski definition) is 6. The molecule has 4 heterocycles. The molecule has 0 bridgehead atoms. The van der Waals surface area contributed by atoms with Gasteiger partial charge in [0.2, 0.25) is 5.43 Å². The van der Waals surface area contributed by atoms with E-state index in [0.29, 0.717) is 50.0 Å². The van der Waals surface area contributed by atoms with Crippen LogP contribution in [0, 0.1) is 17.8 Å². The third-order valence-corrected chi connectivity index (χ3v) is 17.9. The molecule has 21 nitrogen and oxygen atoms in total. The molecule has 0 radical (unpaired) electrons. The van der Waals surface area contributed by atoms with E-state index in [0.717, 1.165) is 17.2 Å². The first-order chi connectivity index (χ1) is 37.4. The summed E-state index contributed by atoms with van der Waals surface area (Å²) in [5.41, 5.74) is -4.68. The minimum atomic E-state index is -1.86. The van der Waals surface area contributed by atoms with Crippen molar-refractivity contribution in [2.75, 3.05) is 73.8 Å². The number of aliphatic hydroxyl groups excluding tert-OH is 2. The third kappa shape index (κ3) is 16.5. The van der Waals surface area contributed by atoms with Crippen LogP contribution in [0.25, 0.3) is 10.9 Å². The lowest BCUT2D eigenvalue weighted by molar-refractivity contribution is -0.318. The molecule has 0 unspecified atom stereocenters. The van der Waals surface area contributed by atoms with E-state index in [9.17, 15) is 44.7 Å². The highest BCUT2D eigenvalue weighted by Gasteiger charge is 2.54. The number of benzene rings is 1. The summed E-state index contributed by atoms with van der Waals surface area (Å²) in [5.74, 6) is -3.83. The van der Waals surface area contributed by atoms with Crippen molar-refractivity contribution in [3.63, 3.8) is 0 Å². The number of methoxy groups -OCH3 is 1.